The van der Waals surface area contributed by atoms with Crippen LogP contribution in [0.2, 0.25) is 0 Å². The maximum Gasteiger partial charge on any atom is 0.243 e. The molecule has 3 rings (SSSR count). The second-order valence-electron chi connectivity index (χ2n) is 9.28. The second-order valence-corrected chi connectivity index (χ2v) is 10.4. The Morgan fingerprint density at radius 2 is 1.47 bits per heavy atom. The van der Waals surface area contributed by atoms with Crippen LogP contribution in [0.5, 0.6) is 0 Å². The zero-order valence-electron chi connectivity index (χ0n) is 21.0. The molecule has 2 amide bonds. The lowest BCUT2D eigenvalue weighted by atomic mass is 10.0. The molecule has 4 nitrogen and oxygen atoms in total. The molecule has 0 aliphatic rings. The van der Waals surface area contributed by atoms with Gasteiger partial charge in [-0.1, -0.05) is 86.6 Å². The number of amides is 2. The van der Waals surface area contributed by atoms with Gasteiger partial charge in [-0.3, -0.25) is 9.59 Å². The van der Waals surface area contributed by atoms with Gasteiger partial charge < -0.3 is 10.2 Å². The molecular weight excluding hydrogens is 471 g/mol. The molecule has 0 aromatic heterocycles. The van der Waals surface area contributed by atoms with E-state index in [-0.39, 0.29) is 24.2 Å². The molecule has 1 unspecified atom stereocenters. The molecule has 0 spiro atoms. The van der Waals surface area contributed by atoms with E-state index in [1.54, 1.807) is 28.8 Å². The third-order valence-corrected chi connectivity index (χ3v) is 6.82. The number of hydrogen-bond acceptors (Lipinski definition) is 3. The molecular formula is C30H35FN2O2S. The fourth-order valence-electron chi connectivity index (χ4n) is 3.83. The summed E-state index contributed by atoms with van der Waals surface area (Å²) in [5.74, 6) is 1.19. The highest BCUT2D eigenvalue weighted by atomic mass is 32.2. The SMILES string of the molecule is CC(C)CNC(=O)C(Cc1ccccc1)N(Cc1ccc(F)cc1)C(=O)CCSCc1ccccc1. The fraction of sp³-hybridized carbons (Fsp3) is 0.333. The van der Waals surface area contributed by atoms with E-state index in [0.29, 0.717) is 31.1 Å². The van der Waals surface area contributed by atoms with Crippen molar-refractivity contribution < 1.29 is 14.0 Å². The molecule has 0 fully saturated rings. The molecule has 0 bridgehead atoms. The summed E-state index contributed by atoms with van der Waals surface area (Å²) in [4.78, 5) is 28.6. The van der Waals surface area contributed by atoms with E-state index in [1.165, 1.54) is 17.7 Å². The Labute approximate surface area is 218 Å². The summed E-state index contributed by atoms with van der Waals surface area (Å²) in [5, 5.41) is 3.02. The van der Waals surface area contributed by atoms with Gasteiger partial charge in [-0.15, -0.1) is 0 Å². The Balaban J connectivity index is 1.78. The van der Waals surface area contributed by atoms with Crippen molar-refractivity contribution in [2.75, 3.05) is 12.3 Å². The third kappa shape index (κ3) is 9.15. The quantitative estimate of drug-likeness (QED) is 0.295. The van der Waals surface area contributed by atoms with Gasteiger partial charge in [0, 0.05) is 37.4 Å². The topological polar surface area (TPSA) is 49.4 Å². The van der Waals surface area contributed by atoms with Crippen LogP contribution < -0.4 is 5.32 Å². The smallest absolute Gasteiger partial charge is 0.243 e. The van der Waals surface area contributed by atoms with Gasteiger partial charge in [0.25, 0.3) is 0 Å². The summed E-state index contributed by atoms with van der Waals surface area (Å²) in [6.45, 7) is 4.86. The monoisotopic (exact) mass is 506 g/mol. The van der Waals surface area contributed by atoms with Crippen molar-refractivity contribution in [2.45, 2.75) is 45.0 Å². The minimum atomic E-state index is -0.664. The largest absolute Gasteiger partial charge is 0.354 e. The number of halogens is 1. The van der Waals surface area contributed by atoms with E-state index < -0.39 is 6.04 Å². The number of carbonyl (C=O) groups excluding carboxylic acids is 2. The second kappa shape index (κ2) is 14.4. The average molecular weight is 507 g/mol. The van der Waals surface area contributed by atoms with Crippen LogP contribution in [0.15, 0.2) is 84.9 Å². The molecule has 3 aromatic carbocycles. The normalized spacial score (nSPS) is 11.8. The molecule has 0 aliphatic heterocycles. The first-order valence-corrected chi connectivity index (χ1v) is 13.5. The van der Waals surface area contributed by atoms with Gasteiger partial charge in [-0.05, 0) is 34.7 Å². The Hall–Kier alpha value is -3.12. The summed E-state index contributed by atoms with van der Waals surface area (Å²) >= 11 is 1.70. The molecule has 1 atom stereocenters. The molecule has 6 heteroatoms. The standard InChI is InChI=1S/C30H35FN2O2S/c1-23(2)20-32-30(35)28(19-24-9-5-3-6-10-24)33(21-25-13-15-27(31)16-14-25)29(34)17-18-36-22-26-11-7-4-8-12-26/h3-16,23,28H,17-22H2,1-2H3,(H,32,35). The maximum atomic E-state index is 13.6. The number of nitrogens with zero attached hydrogens (tertiary/aromatic N) is 1. The molecule has 0 heterocycles. The summed E-state index contributed by atoms with van der Waals surface area (Å²) < 4.78 is 13.5. The van der Waals surface area contributed by atoms with Crippen molar-refractivity contribution in [3.05, 3.63) is 107 Å². The van der Waals surface area contributed by atoms with Crippen LogP contribution in [0.3, 0.4) is 0 Å². The minimum absolute atomic E-state index is 0.0829. The molecule has 3 aromatic rings. The predicted molar refractivity (Wildman–Crippen MR) is 146 cm³/mol. The predicted octanol–water partition coefficient (Wildman–Crippen LogP) is 5.86. The number of thioether (sulfide) groups is 1. The van der Waals surface area contributed by atoms with E-state index in [2.05, 4.69) is 17.4 Å². The first-order valence-electron chi connectivity index (χ1n) is 12.4. The van der Waals surface area contributed by atoms with Crippen LogP contribution in [-0.4, -0.2) is 35.1 Å². The van der Waals surface area contributed by atoms with Gasteiger partial charge in [0.2, 0.25) is 11.8 Å². The van der Waals surface area contributed by atoms with E-state index in [4.69, 9.17) is 0 Å². The average Bonchev–Trinajstić information content (AvgIpc) is 2.89. The van der Waals surface area contributed by atoms with E-state index >= 15 is 0 Å². The molecule has 0 radical (unpaired) electrons. The van der Waals surface area contributed by atoms with Crippen LogP contribution >= 0.6 is 11.8 Å². The first kappa shape index (κ1) is 27.5. The highest BCUT2D eigenvalue weighted by molar-refractivity contribution is 7.98. The van der Waals surface area contributed by atoms with Crippen molar-refractivity contribution in [3.8, 4) is 0 Å². The van der Waals surface area contributed by atoms with Crippen molar-refractivity contribution in [1.82, 2.24) is 10.2 Å². The van der Waals surface area contributed by atoms with Crippen molar-refractivity contribution in [2.24, 2.45) is 5.92 Å². The van der Waals surface area contributed by atoms with Gasteiger partial charge in [0.1, 0.15) is 11.9 Å². The Bertz CT molecular complexity index is 1080. The Morgan fingerprint density at radius 1 is 0.861 bits per heavy atom. The Kier molecular flexibility index (Phi) is 11.0. The van der Waals surface area contributed by atoms with Crippen molar-refractivity contribution >= 4 is 23.6 Å². The van der Waals surface area contributed by atoms with Gasteiger partial charge in [0.05, 0.1) is 0 Å². The van der Waals surface area contributed by atoms with Crippen LogP contribution in [0.1, 0.15) is 37.0 Å². The molecule has 0 aliphatic carbocycles. The minimum Gasteiger partial charge on any atom is -0.354 e. The Morgan fingerprint density at radius 3 is 2.08 bits per heavy atom. The number of carbonyl (C=O) groups is 2. The summed E-state index contributed by atoms with van der Waals surface area (Å²) in [5.41, 5.74) is 2.99. The number of nitrogens with one attached hydrogen (secondary N) is 1. The number of hydrogen-bond donors (Lipinski definition) is 1. The maximum absolute atomic E-state index is 13.6. The van der Waals surface area contributed by atoms with Crippen LogP contribution in [0.25, 0.3) is 0 Å². The molecule has 0 saturated heterocycles. The molecule has 0 saturated carbocycles. The summed E-state index contributed by atoms with van der Waals surface area (Å²) in [6, 6.07) is 25.4. The van der Waals surface area contributed by atoms with E-state index in [0.717, 1.165) is 16.9 Å². The lowest BCUT2D eigenvalue weighted by Crippen LogP contribution is -2.51. The number of benzene rings is 3. The van der Waals surface area contributed by atoms with Gasteiger partial charge in [-0.2, -0.15) is 11.8 Å². The van der Waals surface area contributed by atoms with Crippen LogP contribution in [0, 0.1) is 11.7 Å². The van der Waals surface area contributed by atoms with E-state index in [9.17, 15) is 14.0 Å². The third-order valence-electron chi connectivity index (χ3n) is 5.79. The summed E-state index contributed by atoms with van der Waals surface area (Å²) in [6.07, 6.45) is 0.732. The van der Waals surface area contributed by atoms with Crippen LogP contribution in [0.4, 0.5) is 4.39 Å². The fourth-order valence-corrected chi connectivity index (χ4v) is 4.72. The van der Waals surface area contributed by atoms with Gasteiger partial charge in [0.15, 0.2) is 0 Å². The van der Waals surface area contributed by atoms with Crippen LogP contribution in [-0.2, 0) is 28.3 Å². The van der Waals surface area contributed by atoms with Gasteiger partial charge in [-0.25, -0.2) is 4.39 Å². The molecule has 190 valence electrons. The zero-order valence-corrected chi connectivity index (χ0v) is 21.8. The highest BCUT2D eigenvalue weighted by Crippen LogP contribution is 2.19. The summed E-state index contributed by atoms with van der Waals surface area (Å²) in [7, 11) is 0. The van der Waals surface area contributed by atoms with Crippen molar-refractivity contribution in [1.29, 1.82) is 0 Å². The first-order chi connectivity index (χ1) is 17.4. The molecule has 36 heavy (non-hydrogen) atoms. The van der Waals surface area contributed by atoms with E-state index in [1.807, 2.05) is 62.4 Å². The highest BCUT2D eigenvalue weighted by Gasteiger charge is 2.30. The molecule has 1 N–H and O–H groups in total. The zero-order chi connectivity index (χ0) is 25.8. The number of rotatable bonds is 13. The van der Waals surface area contributed by atoms with Crippen molar-refractivity contribution in [3.63, 3.8) is 0 Å². The lowest BCUT2D eigenvalue weighted by molar-refractivity contribution is -0.141. The lowest BCUT2D eigenvalue weighted by Gasteiger charge is -2.32. The van der Waals surface area contributed by atoms with Gasteiger partial charge >= 0.3 is 0 Å².